The van der Waals surface area contributed by atoms with Crippen LogP contribution >= 0.6 is 0 Å². The van der Waals surface area contributed by atoms with Crippen LogP contribution in [0.4, 0.5) is 11.4 Å². The Labute approximate surface area is 267 Å². The van der Waals surface area contributed by atoms with Crippen molar-refractivity contribution < 1.29 is 27.9 Å². The Morgan fingerprint density at radius 2 is 1.65 bits per heavy atom. The summed E-state index contributed by atoms with van der Waals surface area (Å²) in [6, 6.07) is 24.1. The highest BCUT2D eigenvalue weighted by molar-refractivity contribution is 7.90. The average molecular weight is 642 g/mol. The third-order valence-electron chi connectivity index (χ3n) is 7.23. The number of sulfonamides is 1. The predicted octanol–water partition coefficient (Wildman–Crippen LogP) is 6.03. The highest BCUT2D eigenvalue weighted by Gasteiger charge is 2.20. The van der Waals surface area contributed by atoms with Crippen LogP contribution < -0.4 is 14.9 Å². The molecule has 1 heterocycles. The predicted molar refractivity (Wildman–Crippen MR) is 176 cm³/mol. The van der Waals surface area contributed by atoms with Crippen molar-refractivity contribution in [3.05, 3.63) is 102 Å². The summed E-state index contributed by atoms with van der Waals surface area (Å²) in [5, 5.41) is 27.4. The molecule has 238 valence electrons. The number of phenolic OH excluding ortho intramolecular Hbond substituents is 2. The molecule has 0 saturated heterocycles. The maximum atomic E-state index is 12.9. The van der Waals surface area contributed by atoms with Gasteiger partial charge in [0, 0.05) is 42.9 Å². The van der Waals surface area contributed by atoms with Crippen molar-refractivity contribution in [2.45, 2.75) is 31.7 Å². The Hall–Kier alpha value is -5.36. The fraction of sp³-hybridized carbons (Fsp3) is 0.206. The quantitative estimate of drug-likeness (QED) is 0.127. The number of hydrogen-bond acceptors (Lipinski definition) is 10. The molecule has 0 saturated carbocycles. The van der Waals surface area contributed by atoms with E-state index in [0.29, 0.717) is 35.0 Å². The first-order valence-corrected chi connectivity index (χ1v) is 16.1. The number of aromatic hydroxyl groups is 2. The first-order valence-electron chi connectivity index (χ1n) is 14.7. The first kappa shape index (κ1) is 32.0. The molecule has 0 spiro atoms. The standard InChI is InChI=1S/C34H35N5O6S/c1-22(2)14-15-39(3)31-13-12-24(19-30(31)35-21-23-16-27(40)20-28(41)17-23)32-36-34(45-37-32)26-9-7-8-25(18-26)33(42)38-46(43,44)29-10-5-4-6-11-29/h4-13,16-20,22,35,40-41H,14-15,21H2,1-3H3,(H,38,42). The minimum atomic E-state index is -4.05. The number of phenols is 2. The van der Waals surface area contributed by atoms with Gasteiger partial charge in [0.15, 0.2) is 0 Å². The van der Waals surface area contributed by atoms with E-state index in [1.165, 1.54) is 30.3 Å². The van der Waals surface area contributed by atoms with Crippen LogP contribution in [0.1, 0.15) is 36.2 Å². The fourth-order valence-electron chi connectivity index (χ4n) is 4.77. The lowest BCUT2D eigenvalue weighted by Crippen LogP contribution is -2.30. The number of benzene rings is 4. The van der Waals surface area contributed by atoms with Gasteiger partial charge in [-0.1, -0.05) is 43.3 Å². The van der Waals surface area contributed by atoms with Gasteiger partial charge in [0.2, 0.25) is 5.82 Å². The molecule has 5 aromatic rings. The molecule has 0 fully saturated rings. The summed E-state index contributed by atoms with van der Waals surface area (Å²) in [6.45, 7) is 5.52. The van der Waals surface area contributed by atoms with Gasteiger partial charge in [-0.05, 0) is 78.6 Å². The molecule has 1 amide bonds. The van der Waals surface area contributed by atoms with Gasteiger partial charge in [0.1, 0.15) is 11.5 Å². The molecular weight excluding hydrogens is 606 g/mol. The number of nitrogens with one attached hydrogen (secondary N) is 2. The van der Waals surface area contributed by atoms with Gasteiger partial charge < -0.3 is 25.0 Å². The second kappa shape index (κ2) is 13.7. The number of carbonyl (C=O) groups is 1. The lowest BCUT2D eigenvalue weighted by atomic mass is 10.1. The van der Waals surface area contributed by atoms with Crippen LogP contribution in [0.5, 0.6) is 11.5 Å². The van der Waals surface area contributed by atoms with E-state index in [1.54, 1.807) is 42.5 Å². The van der Waals surface area contributed by atoms with E-state index >= 15 is 0 Å². The molecule has 4 aromatic carbocycles. The van der Waals surface area contributed by atoms with E-state index < -0.39 is 15.9 Å². The molecular formula is C34H35N5O6S. The van der Waals surface area contributed by atoms with Gasteiger partial charge in [-0.15, -0.1) is 0 Å². The third-order valence-corrected chi connectivity index (χ3v) is 8.58. The summed E-state index contributed by atoms with van der Waals surface area (Å²) in [4.78, 5) is 19.5. The molecule has 46 heavy (non-hydrogen) atoms. The summed E-state index contributed by atoms with van der Waals surface area (Å²) in [7, 11) is -2.03. The van der Waals surface area contributed by atoms with Crippen molar-refractivity contribution in [2.24, 2.45) is 5.92 Å². The number of rotatable bonds is 12. The van der Waals surface area contributed by atoms with Crippen molar-refractivity contribution in [1.82, 2.24) is 14.9 Å². The molecule has 0 aliphatic carbocycles. The number of hydrogen-bond donors (Lipinski definition) is 4. The minimum absolute atomic E-state index is 0.0212. The summed E-state index contributed by atoms with van der Waals surface area (Å²) < 4.78 is 32.9. The number of anilines is 2. The van der Waals surface area contributed by atoms with Crippen LogP contribution in [0.25, 0.3) is 22.8 Å². The zero-order chi connectivity index (χ0) is 32.8. The first-order chi connectivity index (χ1) is 22.0. The monoisotopic (exact) mass is 641 g/mol. The number of carbonyl (C=O) groups excluding carboxylic acids is 1. The Kier molecular flexibility index (Phi) is 9.57. The van der Waals surface area contributed by atoms with Crippen molar-refractivity contribution >= 4 is 27.3 Å². The van der Waals surface area contributed by atoms with Gasteiger partial charge in [-0.3, -0.25) is 4.79 Å². The number of aromatic nitrogens is 2. The highest BCUT2D eigenvalue weighted by atomic mass is 32.2. The zero-order valence-electron chi connectivity index (χ0n) is 25.6. The lowest BCUT2D eigenvalue weighted by molar-refractivity contribution is 0.0981. The highest BCUT2D eigenvalue weighted by Crippen LogP contribution is 2.32. The van der Waals surface area contributed by atoms with E-state index in [-0.39, 0.29) is 27.8 Å². The molecule has 4 N–H and O–H groups in total. The van der Waals surface area contributed by atoms with Crippen molar-refractivity contribution in [2.75, 3.05) is 23.8 Å². The minimum Gasteiger partial charge on any atom is -0.508 e. The van der Waals surface area contributed by atoms with Crippen LogP contribution in [0.3, 0.4) is 0 Å². The zero-order valence-corrected chi connectivity index (χ0v) is 26.5. The normalized spacial score (nSPS) is 11.4. The molecule has 1 aromatic heterocycles. The van der Waals surface area contributed by atoms with Gasteiger partial charge in [-0.2, -0.15) is 4.98 Å². The SMILES string of the molecule is CC(C)CCN(C)c1ccc(-c2noc(-c3cccc(C(=O)NS(=O)(=O)c4ccccc4)c3)n2)cc1NCc1cc(O)cc(O)c1. The van der Waals surface area contributed by atoms with Crippen molar-refractivity contribution in [3.63, 3.8) is 0 Å². The van der Waals surface area contributed by atoms with Crippen molar-refractivity contribution in [1.29, 1.82) is 0 Å². The fourth-order valence-corrected chi connectivity index (χ4v) is 5.76. The largest absolute Gasteiger partial charge is 0.508 e. The average Bonchev–Trinajstić information content (AvgIpc) is 3.53. The Morgan fingerprint density at radius 1 is 0.913 bits per heavy atom. The summed E-state index contributed by atoms with van der Waals surface area (Å²) in [5.74, 6) is 0.142. The van der Waals surface area contributed by atoms with E-state index in [4.69, 9.17) is 4.52 Å². The van der Waals surface area contributed by atoms with E-state index in [1.807, 2.05) is 25.2 Å². The molecule has 0 radical (unpaired) electrons. The van der Waals surface area contributed by atoms with Crippen LogP contribution in [0.15, 0.2) is 100 Å². The van der Waals surface area contributed by atoms with Crippen LogP contribution in [0, 0.1) is 5.92 Å². The summed E-state index contributed by atoms with van der Waals surface area (Å²) >= 11 is 0. The lowest BCUT2D eigenvalue weighted by Gasteiger charge is -2.24. The van der Waals surface area contributed by atoms with Gasteiger partial charge in [0.25, 0.3) is 21.8 Å². The molecule has 0 aliphatic heterocycles. The van der Waals surface area contributed by atoms with E-state index in [9.17, 15) is 23.4 Å². The Morgan fingerprint density at radius 3 is 2.37 bits per heavy atom. The maximum Gasteiger partial charge on any atom is 0.265 e. The van der Waals surface area contributed by atoms with Crippen LogP contribution in [0.2, 0.25) is 0 Å². The topological polar surface area (TPSA) is 158 Å². The van der Waals surface area contributed by atoms with E-state index in [0.717, 1.165) is 24.3 Å². The van der Waals surface area contributed by atoms with Crippen LogP contribution in [-0.2, 0) is 16.6 Å². The number of amides is 1. The molecule has 0 aliphatic rings. The molecule has 0 atom stereocenters. The van der Waals surface area contributed by atoms with Gasteiger partial charge in [0.05, 0.1) is 16.3 Å². The smallest absolute Gasteiger partial charge is 0.265 e. The second-order valence-corrected chi connectivity index (χ2v) is 13.0. The molecule has 0 bridgehead atoms. The maximum absolute atomic E-state index is 12.9. The second-order valence-electron chi connectivity index (χ2n) is 11.3. The van der Waals surface area contributed by atoms with E-state index in [2.05, 4.69) is 38.9 Å². The molecule has 0 unspecified atom stereocenters. The Bertz CT molecular complexity index is 1920. The number of nitrogens with zero attached hydrogens (tertiary/aromatic N) is 3. The summed E-state index contributed by atoms with van der Waals surface area (Å²) in [6.07, 6.45) is 1.00. The molecule has 11 nitrogen and oxygen atoms in total. The third kappa shape index (κ3) is 7.83. The van der Waals surface area contributed by atoms with Gasteiger partial charge >= 0.3 is 0 Å². The molecule has 5 rings (SSSR count). The Balaban J connectivity index is 1.39. The van der Waals surface area contributed by atoms with Crippen molar-refractivity contribution in [3.8, 4) is 34.3 Å². The summed E-state index contributed by atoms with van der Waals surface area (Å²) in [5.41, 5.74) is 3.64. The van der Waals surface area contributed by atoms with Gasteiger partial charge in [-0.25, -0.2) is 13.1 Å². The molecule has 12 heteroatoms. The van der Waals surface area contributed by atoms with Crippen LogP contribution in [-0.4, -0.2) is 48.3 Å².